The maximum Gasteiger partial charge on any atom is 0.211 e. The average molecular weight is 409 g/mol. The number of aromatic nitrogens is 2. The molecule has 0 fully saturated rings. The molecule has 0 aliphatic carbocycles. The molecule has 3 aromatic rings. The van der Waals surface area contributed by atoms with Gasteiger partial charge in [0.05, 0.1) is 17.6 Å². The van der Waals surface area contributed by atoms with Crippen LogP contribution in [-0.2, 0) is 23.0 Å². The first kappa shape index (κ1) is 19.5. The van der Waals surface area contributed by atoms with E-state index in [2.05, 4.69) is 10.3 Å². The number of fused-ring (bicyclic) bond motifs is 1. The minimum atomic E-state index is -3.19. The highest BCUT2D eigenvalue weighted by Gasteiger charge is 2.24. The molecule has 1 aliphatic heterocycles. The van der Waals surface area contributed by atoms with Crippen LogP contribution in [0, 0.1) is 13.8 Å². The standard InChI is InChI=1S/C22H24N4O2S/c1-15-7-9-20(23-13-15)22-16(2)8-10-21(25-22)24-19-6-4-5-17-14-26(29(3,27)28)12-11-18(17)19/h4-10,13H,11-12,14H2,1-3H3,(H,24,25). The Morgan fingerprint density at radius 3 is 2.62 bits per heavy atom. The lowest BCUT2D eigenvalue weighted by Crippen LogP contribution is -2.35. The molecule has 4 rings (SSSR count). The molecule has 0 saturated carbocycles. The predicted molar refractivity (Wildman–Crippen MR) is 116 cm³/mol. The van der Waals surface area contributed by atoms with E-state index in [0.29, 0.717) is 19.5 Å². The van der Waals surface area contributed by atoms with Crippen LogP contribution < -0.4 is 5.32 Å². The summed E-state index contributed by atoms with van der Waals surface area (Å²) in [5.41, 5.74) is 7.00. The van der Waals surface area contributed by atoms with Crippen LogP contribution in [-0.4, -0.2) is 35.5 Å². The number of benzene rings is 1. The quantitative estimate of drug-likeness (QED) is 0.710. The molecule has 6 nitrogen and oxygen atoms in total. The van der Waals surface area contributed by atoms with Crippen molar-refractivity contribution in [2.75, 3.05) is 18.1 Å². The lowest BCUT2D eigenvalue weighted by molar-refractivity contribution is 0.395. The molecule has 2 aromatic heterocycles. The van der Waals surface area contributed by atoms with Crippen LogP contribution >= 0.6 is 0 Å². The number of sulfonamides is 1. The van der Waals surface area contributed by atoms with E-state index in [4.69, 9.17) is 4.98 Å². The highest BCUT2D eigenvalue weighted by atomic mass is 32.2. The lowest BCUT2D eigenvalue weighted by Gasteiger charge is -2.28. The Morgan fingerprint density at radius 1 is 1.07 bits per heavy atom. The third-order valence-corrected chi connectivity index (χ3v) is 6.46. The number of anilines is 2. The number of nitrogens with zero attached hydrogens (tertiary/aromatic N) is 3. The van der Waals surface area contributed by atoms with E-state index in [0.717, 1.165) is 45.1 Å². The van der Waals surface area contributed by atoms with Gasteiger partial charge in [0.1, 0.15) is 5.82 Å². The van der Waals surface area contributed by atoms with Crippen molar-refractivity contribution in [3.63, 3.8) is 0 Å². The SMILES string of the molecule is Cc1ccc(-c2nc(Nc3cccc4c3CCN(S(C)(=O)=O)C4)ccc2C)nc1. The molecule has 7 heteroatoms. The summed E-state index contributed by atoms with van der Waals surface area (Å²) >= 11 is 0. The van der Waals surface area contributed by atoms with Crippen LogP contribution in [0.5, 0.6) is 0 Å². The molecule has 3 heterocycles. The number of aryl methyl sites for hydroxylation is 2. The number of rotatable bonds is 4. The van der Waals surface area contributed by atoms with Crippen molar-refractivity contribution in [2.24, 2.45) is 0 Å². The van der Waals surface area contributed by atoms with E-state index in [1.54, 1.807) is 0 Å². The molecule has 0 atom stereocenters. The summed E-state index contributed by atoms with van der Waals surface area (Å²) in [6.45, 7) is 4.93. The average Bonchev–Trinajstić information content (AvgIpc) is 2.69. The molecule has 0 saturated heterocycles. The summed E-state index contributed by atoms with van der Waals surface area (Å²) in [6.07, 6.45) is 3.78. The Balaban J connectivity index is 1.64. The number of hydrogen-bond donors (Lipinski definition) is 1. The Morgan fingerprint density at radius 2 is 1.90 bits per heavy atom. The van der Waals surface area contributed by atoms with Gasteiger partial charge in [-0.3, -0.25) is 4.98 Å². The van der Waals surface area contributed by atoms with E-state index in [1.807, 2.05) is 62.5 Å². The van der Waals surface area contributed by atoms with E-state index < -0.39 is 10.0 Å². The molecule has 0 radical (unpaired) electrons. The van der Waals surface area contributed by atoms with Crippen LogP contribution in [0.3, 0.4) is 0 Å². The first-order chi connectivity index (χ1) is 13.8. The molecular formula is C22H24N4O2S. The van der Waals surface area contributed by atoms with Crippen LogP contribution in [0.15, 0.2) is 48.7 Å². The fourth-order valence-electron chi connectivity index (χ4n) is 3.59. The summed E-state index contributed by atoms with van der Waals surface area (Å²) in [4.78, 5) is 9.30. The molecule has 0 bridgehead atoms. The third-order valence-electron chi connectivity index (χ3n) is 5.21. The lowest BCUT2D eigenvalue weighted by atomic mass is 9.99. The van der Waals surface area contributed by atoms with E-state index in [9.17, 15) is 8.42 Å². The topological polar surface area (TPSA) is 75.2 Å². The highest BCUT2D eigenvalue weighted by Crippen LogP contribution is 2.30. The van der Waals surface area contributed by atoms with E-state index in [1.165, 1.54) is 10.6 Å². The van der Waals surface area contributed by atoms with Crippen LogP contribution in [0.2, 0.25) is 0 Å². The van der Waals surface area contributed by atoms with Gasteiger partial charge in [0, 0.05) is 25.0 Å². The van der Waals surface area contributed by atoms with Crippen molar-refractivity contribution in [3.05, 3.63) is 70.9 Å². The summed E-state index contributed by atoms with van der Waals surface area (Å²) in [5, 5.41) is 3.43. The second-order valence-electron chi connectivity index (χ2n) is 7.50. The normalized spacial score (nSPS) is 14.4. The highest BCUT2D eigenvalue weighted by molar-refractivity contribution is 7.88. The zero-order chi connectivity index (χ0) is 20.6. The second-order valence-corrected chi connectivity index (χ2v) is 9.48. The second kappa shape index (κ2) is 7.57. The van der Waals surface area contributed by atoms with Gasteiger partial charge in [-0.25, -0.2) is 13.4 Å². The maximum atomic E-state index is 11.9. The van der Waals surface area contributed by atoms with Crippen molar-refractivity contribution in [3.8, 4) is 11.4 Å². The minimum Gasteiger partial charge on any atom is -0.340 e. The van der Waals surface area contributed by atoms with Crippen molar-refractivity contribution >= 4 is 21.5 Å². The Hall–Kier alpha value is -2.77. The zero-order valence-corrected chi connectivity index (χ0v) is 17.6. The summed E-state index contributed by atoms with van der Waals surface area (Å²) in [5.74, 6) is 0.743. The van der Waals surface area contributed by atoms with Gasteiger partial charge in [-0.05, 0) is 60.7 Å². The van der Waals surface area contributed by atoms with Gasteiger partial charge in [-0.15, -0.1) is 0 Å². The van der Waals surface area contributed by atoms with Crippen LogP contribution in [0.25, 0.3) is 11.4 Å². The van der Waals surface area contributed by atoms with Crippen molar-refractivity contribution in [2.45, 2.75) is 26.8 Å². The van der Waals surface area contributed by atoms with Gasteiger partial charge >= 0.3 is 0 Å². The summed E-state index contributed by atoms with van der Waals surface area (Å²) < 4.78 is 25.3. The Kier molecular flexibility index (Phi) is 5.10. The number of nitrogens with one attached hydrogen (secondary N) is 1. The number of pyridine rings is 2. The van der Waals surface area contributed by atoms with Gasteiger partial charge in [0.15, 0.2) is 0 Å². The molecular weight excluding hydrogens is 384 g/mol. The molecule has 29 heavy (non-hydrogen) atoms. The van der Waals surface area contributed by atoms with Gasteiger partial charge in [0.25, 0.3) is 0 Å². The van der Waals surface area contributed by atoms with Crippen molar-refractivity contribution < 1.29 is 8.42 Å². The van der Waals surface area contributed by atoms with Crippen LogP contribution in [0.4, 0.5) is 11.5 Å². The summed E-state index contributed by atoms with van der Waals surface area (Å²) in [7, 11) is -3.19. The third kappa shape index (κ3) is 4.16. The van der Waals surface area contributed by atoms with E-state index >= 15 is 0 Å². The summed E-state index contributed by atoms with van der Waals surface area (Å²) in [6, 6.07) is 14.0. The van der Waals surface area contributed by atoms with Gasteiger partial charge in [-0.2, -0.15) is 4.31 Å². The molecule has 0 amide bonds. The van der Waals surface area contributed by atoms with Crippen LogP contribution in [0.1, 0.15) is 22.3 Å². The minimum absolute atomic E-state index is 0.406. The van der Waals surface area contributed by atoms with E-state index in [-0.39, 0.29) is 0 Å². The smallest absolute Gasteiger partial charge is 0.211 e. The Labute approximate surface area is 171 Å². The van der Waals surface area contributed by atoms with Gasteiger partial charge < -0.3 is 5.32 Å². The molecule has 0 spiro atoms. The first-order valence-electron chi connectivity index (χ1n) is 9.55. The molecule has 1 aromatic carbocycles. The molecule has 0 unspecified atom stereocenters. The van der Waals surface area contributed by atoms with Crippen molar-refractivity contribution in [1.82, 2.24) is 14.3 Å². The molecule has 1 aliphatic rings. The monoisotopic (exact) mass is 408 g/mol. The first-order valence-corrected chi connectivity index (χ1v) is 11.4. The zero-order valence-electron chi connectivity index (χ0n) is 16.8. The Bertz CT molecular complexity index is 1160. The fourth-order valence-corrected chi connectivity index (χ4v) is 4.38. The van der Waals surface area contributed by atoms with Gasteiger partial charge in [-0.1, -0.05) is 24.3 Å². The predicted octanol–water partition coefficient (Wildman–Crippen LogP) is 3.82. The molecule has 150 valence electrons. The largest absolute Gasteiger partial charge is 0.340 e. The maximum absolute atomic E-state index is 11.9. The van der Waals surface area contributed by atoms with Gasteiger partial charge in [0.2, 0.25) is 10.0 Å². The van der Waals surface area contributed by atoms with Crippen molar-refractivity contribution in [1.29, 1.82) is 0 Å². The fraction of sp³-hybridized carbons (Fsp3) is 0.273. The molecule has 1 N–H and O–H groups in total. The number of hydrogen-bond acceptors (Lipinski definition) is 5.